The van der Waals surface area contributed by atoms with E-state index in [-0.39, 0.29) is 24.5 Å². The Morgan fingerprint density at radius 3 is 2.03 bits per heavy atom. The molecule has 0 aliphatic rings. The van der Waals surface area contributed by atoms with Gasteiger partial charge in [-0.2, -0.15) is 0 Å². The molecule has 0 fully saturated rings. The zero-order chi connectivity index (χ0) is 22.1. The van der Waals surface area contributed by atoms with Crippen molar-refractivity contribution < 1.29 is 29.4 Å². The summed E-state index contributed by atoms with van der Waals surface area (Å²) in [4.78, 5) is 47.5. The number of aromatic hydroxyl groups is 1. The average molecular weight is 408 g/mol. The number of hydrogen-bond acceptors (Lipinski definition) is 6. The summed E-state index contributed by atoms with van der Waals surface area (Å²) in [6.45, 7) is 3.60. The lowest BCUT2D eigenvalue weighted by molar-refractivity contribution is -0.142. The lowest BCUT2D eigenvalue weighted by Crippen LogP contribution is -2.55. The van der Waals surface area contributed by atoms with Crippen LogP contribution in [-0.4, -0.2) is 52.0 Å². The van der Waals surface area contributed by atoms with E-state index in [9.17, 15) is 29.4 Å². The summed E-state index contributed by atoms with van der Waals surface area (Å²) in [6.07, 6.45) is -0.196. The Morgan fingerprint density at radius 2 is 1.55 bits per heavy atom. The Balaban J connectivity index is 2.81. The van der Waals surface area contributed by atoms with Gasteiger partial charge in [-0.15, -0.1) is 0 Å². The number of nitrogens with two attached hydrogens (primary N) is 2. The Hall–Kier alpha value is -3.14. The summed E-state index contributed by atoms with van der Waals surface area (Å²) < 4.78 is 0. The van der Waals surface area contributed by atoms with Crippen LogP contribution in [0.4, 0.5) is 0 Å². The molecule has 3 unspecified atom stereocenters. The molecule has 1 rings (SSSR count). The number of carboxylic acid groups (broad SMARTS) is 1. The SMILES string of the molecule is CC(C)CC(NC(=O)C(CC(N)=O)NC(=O)C(N)Cc1ccc(O)cc1)C(=O)O. The standard InChI is InChI=1S/C19H28N4O6/c1-10(2)7-15(19(28)29)23-18(27)14(9-16(21)25)22-17(26)13(20)8-11-3-5-12(24)6-4-11/h3-6,10,13-15,24H,7-9,20H2,1-2H3,(H2,21,25)(H,22,26)(H,23,27)(H,28,29). The normalized spacial score (nSPS) is 13.9. The van der Waals surface area contributed by atoms with Gasteiger partial charge in [-0.1, -0.05) is 26.0 Å². The quantitative estimate of drug-likeness (QED) is 0.278. The van der Waals surface area contributed by atoms with Gasteiger partial charge in [-0.05, 0) is 36.5 Å². The molecule has 1 aromatic rings. The maximum atomic E-state index is 12.5. The third-order valence-electron chi connectivity index (χ3n) is 4.09. The molecular formula is C19H28N4O6. The summed E-state index contributed by atoms with van der Waals surface area (Å²) in [5.41, 5.74) is 11.7. The fourth-order valence-corrected chi connectivity index (χ4v) is 2.63. The number of nitrogens with one attached hydrogen (secondary N) is 2. The smallest absolute Gasteiger partial charge is 0.326 e. The lowest BCUT2D eigenvalue weighted by atomic mass is 10.0. The number of phenols is 1. The van der Waals surface area contributed by atoms with Crippen LogP contribution in [0.15, 0.2) is 24.3 Å². The average Bonchev–Trinajstić information content (AvgIpc) is 2.61. The van der Waals surface area contributed by atoms with Gasteiger partial charge in [0.05, 0.1) is 12.5 Å². The van der Waals surface area contributed by atoms with Crippen molar-refractivity contribution in [2.45, 2.75) is 51.2 Å². The maximum absolute atomic E-state index is 12.5. The molecule has 10 heteroatoms. The second-order valence-electron chi connectivity index (χ2n) is 7.24. The minimum absolute atomic E-state index is 0.000636. The van der Waals surface area contributed by atoms with Gasteiger partial charge < -0.3 is 32.3 Å². The molecule has 0 spiro atoms. The molecule has 3 amide bonds. The number of aliphatic carboxylic acids is 1. The van der Waals surface area contributed by atoms with Gasteiger partial charge in [0, 0.05) is 0 Å². The molecule has 0 aromatic heterocycles. The van der Waals surface area contributed by atoms with Crippen LogP contribution < -0.4 is 22.1 Å². The van der Waals surface area contributed by atoms with E-state index in [2.05, 4.69) is 10.6 Å². The number of benzene rings is 1. The molecular weight excluding hydrogens is 380 g/mol. The first kappa shape index (κ1) is 23.9. The van der Waals surface area contributed by atoms with Crippen molar-refractivity contribution in [2.24, 2.45) is 17.4 Å². The number of carbonyl (C=O) groups excluding carboxylic acids is 3. The summed E-state index contributed by atoms with van der Waals surface area (Å²) in [7, 11) is 0. The van der Waals surface area contributed by atoms with Gasteiger partial charge in [0.1, 0.15) is 17.8 Å². The Bertz CT molecular complexity index is 735. The fraction of sp³-hybridized carbons (Fsp3) is 0.474. The topological polar surface area (TPSA) is 185 Å². The molecule has 10 nitrogen and oxygen atoms in total. The molecule has 0 saturated carbocycles. The first-order valence-corrected chi connectivity index (χ1v) is 9.15. The van der Waals surface area contributed by atoms with E-state index in [1.807, 2.05) is 0 Å². The van der Waals surface area contributed by atoms with E-state index >= 15 is 0 Å². The second-order valence-corrected chi connectivity index (χ2v) is 7.24. The molecule has 0 aliphatic carbocycles. The molecule has 8 N–H and O–H groups in total. The second kappa shape index (κ2) is 11.0. The van der Waals surface area contributed by atoms with Crippen LogP contribution in [0, 0.1) is 5.92 Å². The van der Waals surface area contributed by atoms with Crippen molar-refractivity contribution in [3.63, 3.8) is 0 Å². The van der Waals surface area contributed by atoms with Crippen molar-refractivity contribution >= 4 is 23.7 Å². The Morgan fingerprint density at radius 1 is 1.00 bits per heavy atom. The molecule has 0 radical (unpaired) electrons. The molecule has 0 heterocycles. The zero-order valence-corrected chi connectivity index (χ0v) is 16.4. The van der Waals surface area contributed by atoms with E-state index < -0.39 is 48.2 Å². The zero-order valence-electron chi connectivity index (χ0n) is 16.4. The van der Waals surface area contributed by atoms with Gasteiger partial charge in [0.15, 0.2) is 0 Å². The molecule has 3 atom stereocenters. The first-order chi connectivity index (χ1) is 13.5. The highest BCUT2D eigenvalue weighted by Crippen LogP contribution is 2.11. The van der Waals surface area contributed by atoms with Crippen LogP contribution in [0.5, 0.6) is 5.75 Å². The van der Waals surface area contributed by atoms with Crippen molar-refractivity contribution in [1.82, 2.24) is 10.6 Å². The first-order valence-electron chi connectivity index (χ1n) is 9.15. The number of phenolic OH excluding ortho intramolecular Hbond substituents is 1. The molecule has 0 saturated heterocycles. The summed E-state index contributed by atoms with van der Waals surface area (Å²) in [5, 5.41) is 23.2. The minimum Gasteiger partial charge on any atom is -0.508 e. The van der Waals surface area contributed by atoms with Crippen LogP contribution in [0.3, 0.4) is 0 Å². The number of primary amides is 1. The van der Waals surface area contributed by atoms with Crippen molar-refractivity contribution in [3.8, 4) is 5.75 Å². The van der Waals surface area contributed by atoms with Crippen LogP contribution in [0.2, 0.25) is 0 Å². The van der Waals surface area contributed by atoms with E-state index in [4.69, 9.17) is 11.5 Å². The Labute approximate surface area is 168 Å². The number of rotatable bonds is 11. The summed E-state index contributed by atoms with van der Waals surface area (Å²) in [5.74, 6) is -3.52. The summed E-state index contributed by atoms with van der Waals surface area (Å²) in [6, 6.07) is 2.54. The predicted octanol–water partition coefficient (Wildman–Crippen LogP) is -0.762. The van der Waals surface area contributed by atoms with Gasteiger partial charge in [0.2, 0.25) is 17.7 Å². The molecule has 29 heavy (non-hydrogen) atoms. The lowest BCUT2D eigenvalue weighted by Gasteiger charge is -2.23. The van der Waals surface area contributed by atoms with Crippen LogP contribution in [-0.2, 0) is 25.6 Å². The van der Waals surface area contributed by atoms with E-state index in [0.29, 0.717) is 5.56 Å². The number of carboxylic acids is 1. The molecule has 1 aromatic carbocycles. The third-order valence-corrected chi connectivity index (χ3v) is 4.09. The number of amides is 3. The molecule has 160 valence electrons. The van der Waals surface area contributed by atoms with E-state index in [0.717, 1.165) is 0 Å². The highest BCUT2D eigenvalue weighted by atomic mass is 16.4. The molecule has 0 aliphatic heterocycles. The molecule has 0 bridgehead atoms. The van der Waals surface area contributed by atoms with Gasteiger partial charge in [0.25, 0.3) is 0 Å². The number of hydrogen-bond donors (Lipinski definition) is 6. The predicted molar refractivity (Wildman–Crippen MR) is 105 cm³/mol. The number of carbonyl (C=O) groups is 4. The van der Waals surface area contributed by atoms with Crippen LogP contribution in [0.25, 0.3) is 0 Å². The maximum Gasteiger partial charge on any atom is 0.326 e. The minimum atomic E-state index is -1.35. The van der Waals surface area contributed by atoms with Crippen molar-refractivity contribution in [1.29, 1.82) is 0 Å². The van der Waals surface area contributed by atoms with Crippen molar-refractivity contribution in [2.75, 3.05) is 0 Å². The van der Waals surface area contributed by atoms with Crippen LogP contribution >= 0.6 is 0 Å². The van der Waals surface area contributed by atoms with Crippen molar-refractivity contribution in [3.05, 3.63) is 29.8 Å². The van der Waals surface area contributed by atoms with Crippen LogP contribution in [0.1, 0.15) is 32.3 Å². The van der Waals surface area contributed by atoms with E-state index in [1.54, 1.807) is 26.0 Å². The highest BCUT2D eigenvalue weighted by Gasteiger charge is 2.29. The fourth-order valence-electron chi connectivity index (χ4n) is 2.63. The third kappa shape index (κ3) is 8.60. The highest BCUT2D eigenvalue weighted by molar-refractivity contribution is 5.94. The largest absolute Gasteiger partial charge is 0.508 e. The Kier molecular flexibility index (Phi) is 9.07. The van der Waals surface area contributed by atoms with Gasteiger partial charge in [-0.3, -0.25) is 14.4 Å². The van der Waals surface area contributed by atoms with E-state index in [1.165, 1.54) is 12.1 Å². The summed E-state index contributed by atoms with van der Waals surface area (Å²) >= 11 is 0. The monoisotopic (exact) mass is 408 g/mol. The van der Waals surface area contributed by atoms with Gasteiger partial charge >= 0.3 is 5.97 Å². The van der Waals surface area contributed by atoms with Gasteiger partial charge in [-0.25, -0.2) is 4.79 Å².